The zero-order valence-corrected chi connectivity index (χ0v) is 9.50. The van der Waals surface area contributed by atoms with Crippen molar-refractivity contribution in [2.45, 2.75) is 20.4 Å². The van der Waals surface area contributed by atoms with Crippen LogP contribution in [0.1, 0.15) is 16.7 Å². The van der Waals surface area contributed by atoms with Gasteiger partial charge in [0.15, 0.2) is 0 Å². The van der Waals surface area contributed by atoms with E-state index >= 15 is 0 Å². The Bertz CT molecular complexity index is 357. The summed E-state index contributed by atoms with van der Waals surface area (Å²) in [5, 5.41) is 29.2. The molecule has 0 saturated heterocycles. The first kappa shape index (κ1) is 11.7. The number of nitrogens with zero attached hydrogens (tertiary/aromatic N) is 1. The summed E-state index contributed by atoms with van der Waals surface area (Å²) in [6.07, 6.45) is 0. The lowest BCUT2D eigenvalue weighted by Crippen LogP contribution is -2.11. The molecular weight excluding hydrogens is 194 g/mol. The molecule has 0 radical (unpaired) electrons. The van der Waals surface area contributed by atoms with Gasteiger partial charge in [0.2, 0.25) is 0 Å². The average Bonchev–Trinajstić information content (AvgIpc) is 2.18. The SMILES string of the molecule is Cc1c(O)c(C)c(O)c(CN(C)C)c1O. The Balaban J connectivity index is 3.39. The van der Waals surface area contributed by atoms with Crippen molar-refractivity contribution in [1.82, 2.24) is 4.90 Å². The molecule has 0 aromatic heterocycles. The van der Waals surface area contributed by atoms with Crippen LogP contribution in [0.3, 0.4) is 0 Å². The minimum Gasteiger partial charge on any atom is -0.507 e. The maximum absolute atomic E-state index is 9.79. The number of aromatic hydroxyl groups is 3. The number of phenols is 3. The molecule has 0 aliphatic heterocycles. The fourth-order valence-electron chi connectivity index (χ4n) is 1.54. The highest BCUT2D eigenvalue weighted by molar-refractivity contribution is 5.60. The Kier molecular flexibility index (Phi) is 3.09. The molecule has 0 bridgehead atoms. The van der Waals surface area contributed by atoms with Crippen LogP contribution >= 0.6 is 0 Å². The number of hydrogen-bond acceptors (Lipinski definition) is 4. The first-order chi connectivity index (χ1) is 6.86. The van der Waals surface area contributed by atoms with Crippen LogP contribution in [0.4, 0.5) is 0 Å². The molecule has 15 heavy (non-hydrogen) atoms. The number of benzene rings is 1. The molecule has 0 atom stereocenters. The minimum atomic E-state index is -0.0486. The fourth-order valence-corrected chi connectivity index (χ4v) is 1.54. The second-order valence-electron chi connectivity index (χ2n) is 4.01. The van der Waals surface area contributed by atoms with E-state index in [9.17, 15) is 15.3 Å². The summed E-state index contributed by atoms with van der Waals surface area (Å²) in [7, 11) is 3.69. The van der Waals surface area contributed by atoms with E-state index in [-0.39, 0.29) is 17.2 Å². The molecule has 1 aromatic carbocycles. The predicted octanol–water partition coefficient (Wildman–Crippen LogP) is 1.48. The van der Waals surface area contributed by atoms with E-state index in [4.69, 9.17) is 0 Å². The van der Waals surface area contributed by atoms with Gasteiger partial charge >= 0.3 is 0 Å². The summed E-state index contributed by atoms with van der Waals surface area (Å²) in [6.45, 7) is 3.67. The van der Waals surface area contributed by atoms with Crippen LogP contribution in [0.15, 0.2) is 0 Å². The van der Waals surface area contributed by atoms with Crippen molar-refractivity contribution in [2.24, 2.45) is 0 Å². The Labute approximate surface area is 89.4 Å². The topological polar surface area (TPSA) is 63.9 Å². The Hall–Kier alpha value is -1.42. The molecule has 0 amide bonds. The van der Waals surface area contributed by atoms with Crippen molar-refractivity contribution in [2.75, 3.05) is 14.1 Å². The van der Waals surface area contributed by atoms with Gasteiger partial charge in [-0.05, 0) is 27.9 Å². The molecule has 4 heteroatoms. The summed E-state index contributed by atoms with van der Waals surface area (Å²) < 4.78 is 0. The molecule has 84 valence electrons. The standard InChI is InChI=1S/C11H17NO3/c1-6-9(13)7(2)11(15)8(10(6)14)5-12(3)4/h13-15H,5H2,1-4H3. The number of rotatable bonds is 2. The van der Waals surface area contributed by atoms with Crippen LogP contribution in [-0.2, 0) is 6.54 Å². The lowest BCUT2D eigenvalue weighted by molar-refractivity contribution is 0.360. The molecule has 0 aliphatic rings. The van der Waals surface area contributed by atoms with Gasteiger partial charge in [-0.25, -0.2) is 0 Å². The lowest BCUT2D eigenvalue weighted by atomic mass is 10.0. The molecule has 0 heterocycles. The van der Waals surface area contributed by atoms with E-state index in [1.54, 1.807) is 13.8 Å². The van der Waals surface area contributed by atoms with Crippen LogP contribution in [0.5, 0.6) is 17.2 Å². The quantitative estimate of drug-likeness (QED) is 0.693. The highest BCUT2D eigenvalue weighted by atomic mass is 16.3. The monoisotopic (exact) mass is 211 g/mol. The second kappa shape index (κ2) is 3.98. The van der Waals surface area contributed by atoms with E-state index in [1.807, 2.05) is 19.0 Å². The van der Waals surface area contributed by atoms with Crippen LogP contribution in [0.2, 0.25) is 0 Å². The number of hydrogen-bond donors (Lipinski definition) is 3. The maximum Gasteiger partial charge on any atom is 0.130 e. The van der Waals surface area contributed by atoms with Crippen LogP contribution < -0.4 is 0 Å². The minimum absolute atomic E-state index is 0.0377. The van der Waals surface area contributed by atoms with Crippen molar-refractivity contribution in [1.29, 1.82) is 0 Å². The average molecular weight is 211 g/mol. The molecule has 0 saturated carbocycles. The van der Waals surface area contributed by atoms with Gasteiger partial charge in [-0.15, -0.1) is 0 Å². The normalized spacial score (nSPS) is 11.0. The van der Waals surface area contributed by atoms with E-state index in [0.717, 1.165) is 0 Å². The molecular formula is C11H17NO3. The third-order valence-electron chi connectivity index (χ3n) is 2.47. The smallest absolute Gasteiger partial charge is 0.130 e. The molecule has 4 nitrogen and oxygen atoms in total. The van der Waals surface area contributed by atoms with Crippen LogP contribution in [-0.4, -0.2) is 34.3 Å². The Morgan fingerprint density at radius 3 is 1.60 bits per heavy atom. The molecule has 0 unspecified atom stereocenters. The molecule has 1 rings (SSSR count). The maximum atomic E-state index is 9.79. The largest absolute Gasteiger partial charge is 0.507 e. The summed E-state index contributed by atoms with van der Waals surface area (Å²) in [4.78, 5) is 1.84. The Morgan fingerprint density at radius 2 is 1.27 bits per heavy atom. The zero-order valence-electron chi connectivity index (χ0n) is 9.50. The lowest BCUT2D eigenvalue weighted by Gasteiger charge is -2.17. The zero-order chi connectivity index (χ0) is 11.7. The highest BCUT2D eigenvalue weighted by Crippen LogP contribution is 2.41. The van der Waals surface area contributed by atoms with Crippen LogP contribution in [0.25, 0.3) is 0 Å². The molecule has 1 aromatic rings. The van der Waals surface area contributed by atoms with Gasteiger partial charge in [0.25, 0.3) is 0 Å². The first-order valence-corrected chi connectivity index (χ1v) is 4.74. The Morgan fingerprint density at radius 1 is 0.867 bits per heavy atom. The number of phenolic OH excluding ortho intramolecular Hbond substituents is 3. The van der Waals surface area contributed by atoms with Gasteiger partial charge in [-0.1, -0.05) is 0 Å². The molecule has 0 spiro atoms. The van der Waals surface area contributed by atoms with Gasteiger partial charge in [0.1, 0.15) is 17.2 Å². The predicted molar refractivity (Wildman–Crippen MR) is 58.3 cm³/mol. The third kappa shape index (κ3) is 1.99. The summed E-state index contributed by atoms with van der Waals surface area (Å²) in [5.41, 5.74) is 1.26. The third-order valence-corrected chi connectivity index (χ3v) is 2.47. The highest BCUT2D eigenvalue weighted by Gasteiger charge is 2.18. The summed E-state index contributed by atoms with van der Waals surface area (Å²) >= 11 is 0. The van der Waals surface area contributed by atoms with E-state index in [1.165, 1.54) is 0 Å². The van der Waals surface area contributed by atoms with Gasteiger partial charge in [-0.2, -0.15) is 0 Å². The molecule has 3 N–H and O–H groups in total. The van der Waals surface area contributed by atoms with Gasteiger partial charge in [0, 0.05) is 17.7 Å². The second-order valence-corrected chi connectivity index (χ2v) is 4.01. The van der Waals surface area contributed by atoms with Crippen molar-refractivity contribution >= 4 is 0 Å². The van der Waals surface area contributed by atoms with E-state index in [2.05, 4.69) is 0 Å². The summed E-state index contributed by atoms with van der Waals surface area (Å²) in [5.74, 6) is -0.124. The molecule has 0 fully saturated rings. The van der Waals surface area contributed by atoms with Gasteiger partial charge in [-0.3, -0.25) is 0 Å². The first-order valence-electron chi connectivity index (χ1n) is 4.74. The van der Waals surface area contributed by atoms with E-state index < -0.39 is 0 Å². The van der Waals surface area contributed by atoms with Crippen LogP contribution in [0, 0.1) is 13.8 Å². The van der Waals surface area contributed by atoms with E-state index in [0.29, 0.717) is 23.2 Å². The van der Waals surface area contributed by atoms with Crippen molar-refractivity contribution in [3.05, 3.63) is 16.7 Å². The van der Waals surface area contributed by atoms with Gasteiger partial charge in [0.05, 0.1) is 5.56 Å². The van der Waals surface area contributed by atoms with Crippen molar-refractivity contribution in [3.8, 4) is 17.2 Å². The molecule has 0 aliphatic carbocycles. The van der Waals surface area contributed by atoms with Crippen molar-refractivity contribution in [3.63, 3.8) is 0 Å². The fraction of sp³-hybridized carbons (Fsp3) is 0.455. The van der Waals surface area contributed by atoms with Gasteiger partial charge < -0.3 is 20.2 Å². The summed E-state index contributed by atoms with van der Waals surface area (Å²) in [6, 6.07) is 0. The van der Waals surface area contributed by atoms with Crippen molar-refractivity contribution < 1.29 is 15.3 Å².